The summed E-state index contributed by atoms with van der Waals surface area (Å²) in [5.41, 5.74) is 1.20. The largest absolute Gasteiger partial charge is 0.454 e. The van der Waals surface area contributed by atoms with E-state index in [2.05, 4.69) is 0 Å². The quantitative estimate of drug-likeness (QED) is 0.799. The number of ether oxygens (including phenoxy) is 2. The van der Waals surface area contributed by atoms with E-state index in [1.807, 2.05) is 29.2 Å². The number of benzene rings is 1. The number of nitrogens with zero attached hydrogens (tertiary/aromatic N) is 1. The molecule has 0 aliphatic carbocycles. The van der Waals surface area contributed by atoms with Gasteiger partial charge in [-0.3, -0.25) is 4.79 Å². The smallest absolute Gasteiger partial charge is 0.246 e. The van der Waals surface area contributed by atoms with Crippen LogP contribution in [-0.4, -0.2) is 30.7 Å². The molecular weight excluding hydrogens is 266 g/mol. The lowest BCUT2D eigenvalue weighted by Gasteiger charge is -2.25. The average Bonchev–Trinajstić information content (AvgIpc) is 3.00. The fourth-order valence-corrected chi connectivity index (χ4v) is 2.75. The molecule has 21 heavy (non-hydrogen) atoms. The van der Waals surface area contributed by atoms with Gasteiger partial charge in [0.15, 0.2) is 11.5 Å². The summed E-state index contributed by atoms with van der Waals surface area (Å²) in [4.78, 5) is 13.9. The molecule has 2 aliphatic rings. The number of hydrogen-bond acceptors (Lipinski definition) is 3. The van der Waals surface area contributed by atoms with Crippen LogP contribution in [0.4, 0.5) is 0 Å². The summed E-state index contributed by atoms with van der Waals surface area (Å²) in [6, 6.07) is 6.01. The molecular formula is C17H21NO3. The maximum Gasteiger partial charge on any atom is 0.246 e. The number of amides is 1. The maximum atomic E-state index is 12.0. The number of rotatable bonds is 4. The highest BCUT2D eigenvalue weighted by Gasteiger charge is 2.14. The molecule has 0 spiro atoms. The third kappa shape index (κ3) is 3.57. The van der Waals surface area contributed by atoms with Crippen molar-refractivity contribution in [1.82, 2.24) is 4.90 Å². The number of piperidine rings is 1. The van der Waals surface area contributed by atoms with Gasteiger partial charge in [-0.05, 0) is 55.9 Å². The SMILES string of the molecule is O=C(/C=C\CCc1ccc2c(c1)OCO2)N1CCCCC1. The van der Waals surface area contributed by atoms with Crippen molar-refractivity contribution in [2.75, 3.05) is 19.9 Å². The van der Waals surface area contributed by atoms with Crippen LogP contribution in [0, 0.1) is 0 Å². The first-order valence-electron chi connectivity index (χ1n) is 7.67. The molecule has 112 valence electrons. The van der Waals surface area contributed by atoms with Crippen LogP contribution in [0.2, 0.25) is 0 Å². The molecule has 1 amide bonds. The summed E-state index contributed by atoms with van der Waals surface area (Å²) in [5.74, 6) is 1.79. The van der Waals surface area contributed by atoms with Crippen LogP contribution in [0.3, 0.4) is 0 Å². The first-order chi connectivity index (χ1) is 10.3. The predicted molar refractivity (Wildman–Crippen MR) is 80.5 cm³/mol. The Balaban J connectivity index is 1.47. The van der Waals surface area contributed by atoms with E-state index in [-0.39, 0.29) is 5.91 Å². The van der Waals surface area contributed by atoms with Gasteiger partial charge < -0.3 is 14.4 Å². The number of carbonyl (C=O) groups is 1. The van der Waals surface area contributed by atoms with Crippen LogP contribution in [0.5, 0.6) is 11.5 Å². The molecule has 0 radical (unpaired) electrons. The van der Waals surface area contributed by atoms with Crippen molar-refractivity contribution in [2.24, 2.45) is 0 Å². The summed E-state index contributed by atoms with van der Waals surface area (Å²) in [6.45, 7) is 2.12. The lowest BCUT2D eigenvalue weighted by atomic mass is 10.1. The summed E-state index contributed by atoms with van der Waals surface area (Å²) in [5, 5.41) is 0. The van der Waals surface area contributed by atoms with Crippen molar-refractivity contribution < 1.29 is 14.3 Å². The zero-order valence-electron chi connectivity index (χ0n) is 12.2. The molecule has 1 fully saturated rings. The predicted octanol–water partition coefficient (Wildman–Crippen LogP) is 2.92. The van der Waals surface area contributed by atoms with Gasteiger partial charge in [-0.2, -0.15) is 0 Å². The van der Waals surface area contributed by atoms with Crippen molar-refractivity contribution in [1.29, 1.82) is 0 Å². The minimum absolute atomic E-state index is 0.153. The Kier molecular flexibility index (Phi) is 4.43. The van der Waals surface area contributed by atoms with E-state index in [1.54, 1.807) is 6.08 Å². The molecule has 0 N–H and O–H groups in total. The second-order valence-corrected chi connectivity index (χ2v) is 5.51. The normalized spacial score (nSPS) is 17.4. The van der Waals surface area contributed by atoms with Gasteiger partial charge in [-0.25, -0.2) is 0 Å². The van der Waals surface area contributed by atoms with Crippen molar-refractivity contribution in [2.45, 2.75) is 32.1 Å². The molecule has 0 saturated carbocycles. The summed E-state index contributed by atoms with van der Waals surface area (Å²) < 4.78 is 10.7. The van der Waals surface area contributed by atoms with E-state index in [0.717, 1.165) is 50.3 Å². The molecule has 1 aromatic carbocycles. The number of fused-ring (bicyclic) bond motifs is 1. The topological polar surface area (TPSA) is 38.8 Å². The fraction of sp³-hybridized carbons (Fsp3) is 0.471. The minimum Gasteiger partial charge on any atom is -0.454 e. The molecule has 4 nitrogen and oxygen atoms in total. The highest BCUT2D eigenvalue weighted by molar-refractivity contribution is 5.87. The number of aryl methyl sites for hydroxylation is 1. The maximum absolute atomic E-state index is 12.0. The van der Waals surface area contributed by atoms with Crippen LogP contribution in [-0.2, 0) is 11.2 Å². The Morgan fingerprint density at radius 3 is 2.81 bits per heavy atom. The Hall–Kier alpha value is -1.97. The third-order valence-electron chi connectivity index (χ3n) is 3.96. The van der Waals surface area contributed by atoms with Gasteiger partial charge in [0.1, 0.15) is 0 Å². The van der Waals surface area contributed by atoms with Gasteiger partial charge in [-0.15, -0.1) is 0 Å². The van der Waals surface area contributed by atoms with Gasteiger partial charge in [0, 0.05) is 13.1 Å². The molecule has 3 rings (SSSR count). The molecule has 2 aliphatic heterocycles. The molecule has 0 unspecified atom stereocenters. The lowest BCUT2D eigenvalue weighted by molar-refractivity contribution is -0.126. The summed E-state index contributed by atoms with van der Waals surface area (Å²) in [7, 11) is 0. The Bertz CT molecular complexity index is 533. The molecule has 0 atom stereocenters. The molecule has 2 heterocycles. The molecule has 1 saturated heterocycles. The van der Waals surface area contributed by atoms with Crippen molar-refractivity contribution in [3.63, 3.8) is 0 Å². The third-order valence-corrected chi connectivity index (χ3v) is 3.96. The number of allylic oxidation sites excluding steroid dienone is 1. The van der Waals surface area contributed by atoms with Gasteiger partial charge in [0.25, 0.3) is 0 Å². The minimum atomic E-state index is 0.153. The lowest BCUT2D eigenvalue weighted by Crippen LogP contribution is -2.34. The Morgan fingerprint density at radius 2 is 1.95 bits per heavy atom. The second kappa shape index (κ2) is 6.66. The average molecular weight is 287 g/mol. The standard InChI is InChI=1S/C17H21NO3/c19-17(18-10-4-1-5-11-18)7-3-2-6-14-8-9-15-16(12-14)21-13-20-15/h3,7-9,12H,1-2,4-6,10-11,13H2/b7-3-. The van der Waals surface area contributed by atoms with E-state index >= 15 is 0 Å². The van der Waals surface area contributed by atoms with Crippen LogP contribution in [0.25, 0.3) is 0 Å². The molecule has 0 bridgehead atoms. The van der Waals surface area contributed by atoms with E-state index in [1.165, 1.54) is 12.0 Å². The van der Waals surface area contributed by atoms with Crippen molar-refractivity contribution in [3.05, 3.63) is 35.9 Å². The molecule has 1 aromatic rings. The van der Waals surface area contributed by atoms with E-state index in [4.69, 9.17) is 9.47 Å². The van der Waals surface area contributed by atoms with Crippen LogP contribution in [0.1, 0.15) is 31.2 Å². The van der Waals surface area contributed by atoms with Gasteiger partial charge >= 0.3 is 0 Å². The van der Waals surface area contributed by atoms with Gasteiger partial charge in [-0.1, -0.05) is 12.1 Å². The Labute approximate surface area is 125 Å². The van der Waals surface area contributed by atoms with Gasteiger partial charge in [0.05, 0.1) is 0 Å². The number of likely N-dealkylation sites (tertiary alicyclic amines) is 1. The molecule has 4 heteroatoms. The Morgan fingerprint density at radius 1 is 1.14 bits per heavy atom. The van der Waals surface area contributed by atoms with Crippen LogP contribution < -0.4 is 9.47 Å². The zero-order chi connectivity index (χ0) is 14.5. The van der Waals surface area contributed by atoms with E-state index < -0.39 is 0 Å². The summed E-state index contributed by atoms with van der Waals surface area (Å²) in [6.07, 6.45) is 8.98. The number of carbonyl (C=O) groups excluding carboxylic acids is 1. The van der Waals surface area contributed by atoms with Crippen LogP contribution in [0.15, 0.2) is 30.4 Å². The van der Waals surface area contributed by atoms with E-state index in [0.29, 0.717) is 6.79 Å². The highest BCUT2D eigenvalue weighted by Crippen LogP contribution is 2.32. The molecule has 0 aromatic heterocycles. The van der Waals surface area contributed by atoms with Crippen molar-refractivity contribution >= 4 is 5.91 Å². The summed E-state index contributed by atoms with van der Waals surface area (Å²) >= 11 is 0. The van der Waals surface area contributed by atoms with Gasteiger partial charge in [0.2, 0.25) is 12.7 Å². The monoisotopic (exact) mass is 287 g/mol. The number of hydrogen-bond donors (Lipinski definition) is 0. The highest BCUT2D eigenvalue weighted by atomic mass is 16.7. The first kappa shape index (κ1) is 14.0. The second-order valence-electron chi connectivity index (χ2n) is 5.51. The fourth-order valence-electron chi connectivity index (χ4n) is 2.75. The van der Waals surface area contributed by atoms with Crippen LogP contribution >= 0.6 is 0 Å². The first-order valence-corrected chi connectivity index (χ1v) is 7.67. The van der Waals surface area contributed by atoms with E-state index in [9.17, 15) is 4.79 Å². The van der Waals surface area contributed by atoms with Crippen molar-refractivity contribution in [3.8, 4) is 11.5 Å². The zero-order valence-corrected chi connectivity index (χ0v) is 12.2.